The van der Waals surface area contributed by atoms with Crippen LogP contribution in [0.3, 0.4) is 0 Å². The molecule has 0 N–H and O–H groups in total. The van der Waals surface area contributed by atoms with Crippen molar-refractivity contribution in [1.29, 1.82) is 0 Å². The van der Waals surface area contributed by atoms with Gasteiger partial charge in [-0.1, -0.05) is 13.3 Å². The fourth-order valence-electron chi connectivity index (χ4n) is 2.64. The number of halogens is 1. The van der Waals surface area contributed by atoms with Crippen LogP contribution in [-0.2, 0) is 16.4 Å². The third kappa shape index (κ3) is 3.75. The molecular formula is C14H22ClNO2S2. The molecule has 114 valence electrons. The topological polar surface area (TPSA) is 37.4 Å². The molecule has 0 radical (unpaired) electrons. The standard InChI is InChI=1S/C14H22ClNO2S2/c1-2-12-4-3-10-16(11-8-12)20(17,18)14-6-5-13(19-14)7-9-15/h5-6,12H,2-4,7-11H2,1H3. The molecule has 0 aliphatic carbocycles. The van der Waals surface area contributed by atoms with Gasteiger partial charge in [0, 0.05) is 23.8 Å². The molecule has 6 heteroatoms. The zero-order valence-electron chi connectivity index (χ0n) is 11.8. The van der Waals surface area contributed by atoms with Gasteiger partial charge in [0.05, 0.1) is 0 Å². The molecule has 1 atom stereocenters. The van der Waals surface area contributed by atoms with E-state index in [9.17, 15) is 8.42 Å². The van der Waals surface area contributed by atoms with Gasteiger partial charge in [-0.3, -0.25) is 0 Å². The highest BCUT2D eigenvalue weighted by atomic mass is 35.5. The maximum Gasteiger partial charge on any atom is 0.252 e. The monoisotopic (exact) mass is 335 g/mol. The summed E-state index contributed by atoms with van der Waals surface area (Å²) in [4.78, 5) is 1.04. The molecule has 0 bridgehead atoms. The van der Waals surface area contributed by atoms with E-state index < -0.39 is 10.0 Å². The second-order valence-electron chi connectivity index (χ2n) is 5.27. The molecule has 0 aromatic carbocycles. The Hall–Kier alpha value is -0.100. The van der Waals surface area contributed by atoms with Crippen molar-refractivity contribution >= 4 is 33.0 Å². The number of alkyl halides is 1. The summed E-state index contributed by atoms with van der Waals surface area (Å²) in [5, 5.41) is 0. The Kier molecular flexibility index (Phi) is 5.90. The normalized spacial score (nSPS) is 21.8. The van der Waals surface area contributed by atoms with Crippen molar-refractivity contribution in [2.45, 2.75) is 43.2 Å². The minimum atomic E-state index is -3.31. The van der Waals surface area contributed by atoms with Gasteiger partial charge in [-0.25, -0.2) is 8.42 Å². The molecule has 1 aromatic heterocycles. The van der Waals surface area contributed by atoms with Crippen molar-refractivity contribution in [3.05, 3.63) is 17.0 Å². The summed E-state index contributed by atoms with van der Waals surface area (Å²) in [5.74, 6) is 1.20. The maximum absolute atomic E-state index is 12.7. The fourth-order valence-corrected chi connectivity index (χ4v) is 5.96. The summed E-state index contributed by atoms with van der Waals surface area (Å²) in [6, 6.07) is 3.61. The SMILES string of the molecule is CCC1CCCN(S(=O)(=O)c2ccc(CCCl)s2)CC1. The van der Waals surface area contributed by atoms with Gasteiger partial charge in [0.1, 0.15) is 4.21 Å². The van der Waals surface area contributed by atoms with Gasteiger partial charge in [-0.2, -0.15) is 4.31 Å². The van der Waals surface area contributed by atoms with E-state index in [1.54, 1.807) is 10.4 Å². The number of hydrogen-bond donors (Lipinski definition) is 0. The smallest absolute Gasteiger partial charge is 0.206 e. The van der Waals surface area contributed by atoms with Gasteiger partial charge < -0.3 is 0 Å². The van der Waals surface area contributed by atoms with Crippen molar-refractivity contribution in [3.63, 3.8) is 0 Å². The van der Waals surface area contributed by atoms with Crippen molar-refractivity contribution in [3.8, 4) is 0 Å². The third-order valence-electron chi connectivity index (χ3n) is 3.96. The number of sulfonamides is 1. The first-order chi connectivity index (χ1) is 9.57. The first kappa shape index (κ1) is 16.3. The average molecular weight is 336 g/mol. The van der Waals surface area contributed by atoms with Crippen LogP contribution in [0, 0.1) is 5.92 Å². The lowest BCUT2D eigenvalue weighted by molar-refractivity contribution is 0.408. The Balaban J connectivity index is 2.12. The highest BCUT2D eigenvalue weighted by molar-refractivity contribution is 7.91. The molecule has 1 fully saturated rings. The maximum atomic E-state index is 12.7. The number of thiophene rings is 1. The minimum absolute atomic E-state index is 0.465. The molecule has 1 saturated heterocycles. The summed E-state index contributed by atoms with van der Waals surface area (Å²) in [7, 11) is -3.31. The zero-order chi connectivity index (χ0) is 14.6. The molecule has 0 amide bonds. The van der Waals surface area contributed by atoms with E-state index in [1.165, 1.54) is 11.3 Å². The van der Waals surface area contributed by atoms with E-state index in [0.29, 0.717) is 29.1 Å². The van der Waals surface area contributed by atoms with E-state index in [2.05, 4.69) is 6.92 Å². The van der Waals surface area contributed by atoms with Crippen LogP contribution in [0.2, 0.25) is 0 Å². The van der Waals surface area contributed by atoms with Gasteiger partial charge in [0.15, 0.2) is 0 Å². The number of aryl methyl sites for hydroxylation is 1. The van der Waals surface area contributed by atoms with Crippen LogP contribution >= 0.6 is 22.9 Å². The van der Waals surface area contributed by atoms with E-state index in [-0.39, 0.29) is 0 Å². The van der Waals surface area contributed by atoms with Gasteiger partial charge in [0.2, 0.25) is 0 Å². The highest BCUT2D eigenvalue weighted by Crippen LogP contribution is 2.29. The molecule has 0 spiro atoms. The predicted molar refractivity (Wildman–Crippen MR) is 85.1 cm³/mol. The van der Waals surface area contributed by atoms with E-state index in [1.807, 2.05) is 6.07 Å². The van der Waals surface area contributed by atoms with Crippen molar-refractivity contribution in [2.75, 3.05) is 19.0 Å². The quantitative estimate of drug-likeness (QED) is 0.769. The van der Waals surface area contributed by atoms with Crippen molar-refractivity contribution in [1.82, 2.24) is 4.31 Å². The van der Waals surface area contributed by atoms with Gasteiger partial charge in [-0.05, 0) is 43.7 Å². The summed E-state index contributed by atoms with van der Waals surface area (Å²) in [6.07, 6.45) is 4.98. The fraction of sp³-hybridized carbons (Fsp3) is 0.714. The molecular weight excluding hydrogens is 314 g/mol. The zero-order valence-corrected chi connectivity index (χ0v) is 14.2. The number of rotatable bonds is 5. The second-order valence-corrected chi connectivity index (χ2v) is 8.98. The molecule has 1 aromatic rings. The van der Waals surface area contributed by atoms with Gasteiger partial charge in [0.25, 0.3) is 10.0 Å². The van der Waals surface area contributed by atoms with Crippen LogP contribution in [0.15, 0.2) is 16.3 Å². The highest BCUT2D eigenvalue weighted by Gasteiger charge is 2.28. The lowest BCUT2D eigenvalue weighted by Gasteiger charge is -2.19. The van der Waals surface area contributed by atoms with Gasteiger partial charge in [-0.15, -0.1) is 22.9 Å². The molecule has 1 unspecified atom stereocenters. The minimum Gasteiger partial charge on any atom is -0.206 e. The second kappa shape index (κ2) is 7.25. The molecule has 0 saturated carbocycles. The molecule has 20 heavy (non-hydrogen) atoms. The average Bonchev–Trinajstić information content (AvgIpc) is 2.76. The molecule has 1 aliphatic rings. The van der Waals surface area contributed by atoms with E-state index in [4.69, 9.17) is 11.6 Å². The van der Waals surface area contributed by atoms with E-state index in [0.717, 1.165) is 37.0 Å². The van der Waals surface area contributed by atoms with Crippen LogP contribution < -0.4 is 0 Å². The summed E-state index contributed by atoms with van der Waals surface area (Å²) >= 11 is 7.07. The lowest BCUT2D eigenvalue weighted by atomic mass is 9.98. The summed E-state index contributed by atoms with van der Waals surface area (Å²) in [5.41, 5.74) is 0. The Labute approximate surface area is 131 Å². The van der Waals surface area contributed by atoms with Crippen LogP contribution in [0.5, 0.6) is 0 Å². The number of nitrogens with zero attached hydrogens (tertiary/aromatic N) is 1. The predicted octanol–water partition coefficient (Wildman–Crippen LogP) is 3.73. The Morgan fingerprint density at radius 1 is 1.35 bits per heavy atom. The molecule has 1 aliphatic heterocycles. The van der Waals surface area contributed by atoms with E-state index >= 15 is 0 Å². The first-order valence-electron chi connectivity index (χ1n) is 7.22. The molecule has 2 heterocycles. The van der Waals surface area contributed by atoms with Crippen molar-refractivity contribution in [2.24, 2.45) is 5.92 Å². The third-order valence-corrected chi connectivity index (χ3v) is 7.66. The van der Waals surface area contributed by atoms with Crippen LogP contribution in [0.25, 0.3) is 0 Å². The summed E-state index contributed by atoms with van der Waals surface area (Å²) < 4.78 is 27.4. The summed E-state index contributed by atoms with van der Waals surface area (Å²) in [6.45, 7) is 3.50. The van der Waals surface area contributed by atoms with Gasteiger partial charge >= 0.3 is 0 Å². The van der Waals surface area contributed by atoms with Crippen molar-refractivity contribution < 1.29 is 8.42 Å². The first-order valence-corrected chi connectivity index (χ1v) is 10.0. The number of hydrogen-bond acceptors (Lipinski definition) is 3. The Morgan fingerprint density at radius 2 is 2.15 bits per heavy atom. The largest absolute Gasteiger partial charge is 0.252 e. The van der Waals surface area contributed by atoms with Crippen LogP contribution in [0.1, 0.15) is 37.5 Å². The van der Waals surface area contributed by atoms with Crippen LogP contribution in [-0.4, -0.2) is 31.7 Å². The lowest BCUT2D eigenvalue weighted by Crippen LogP contribution is -2.31. The van der Waals surface area contributed by atoms with Crippen LogP contribution in [0.4, 0.5) is 0 Å². The molecule has 3 nitrogen and oxygen atoms in total. The Morgan fingerprint density at radius 3 is 2.85 bits per heavy atom. The molecule has 2 rings (SSSR count). The Bertz CT molecular complexity index is 527.